The van der Waals surface area contributed by atoms with E-state index in [0.29, 0.717) is 19.7 Å². The third-order valence-corrected chi connectivity index (χ3v) is 9.49. The Balaban J connectivity index is 1.55. The molecule has 0 aliphatic carbocycles. The molecule has 1 atom stereocenters. The number of hydrogen-bond acceptors (Lipinski definition) is 3. The van der Waals surface area contributed by atoms with Gasteiger partial charge in [-0.3, -0.25) is 4.57 Å². The number of nitrogens with one attached hydrogen (secondary N) is 1. The van der Waals surface area contributed by atoms with Gasteiger partial charge in [-0.25, -0.2) is 5.09 Å². The summed E-state index contributed by atoms with van der Waals surface area (Å²) < 4.78 is 20.5. The highest BCUT2D eigenvalue weighted by atomic mass is 31.2. The molecule has 2 heterocycles. The molecule has 200 valence electrons. The highest BCUT2D eigenvalue weighted by Gasteiger charge is 2.42. The molecule has 38 heavy (non-hydrogen) atoms. The molecule has 2 aromatic rings. The third-order valence-electron chi connectivity index (χ3n) is 7.70. The van der Waals surface area contributed by atoms with Gasteiger partial charge in [0, 0.05) is 53.4 Å². The highest BCUT2D eigenvalue weighted by molar-refractivity contribution is 7.60. The molecule has 2 aliphatic rings. The number of para-hydroxylation sites is 2. The van der Waals surface area contributed by atoms with Crippen molar-refractivity contribution in [3.63, 3.8) is 0 Å². The standard InChI is InChI=1S/C32H41N3O2P/c1-8-37-38(36,9-2)33-23-24-35-28-20-16-14-18-26(28)32(5,6)30(35)22-12-10-11-21-29-31(3,4)25-17-13-15-19-27(25)34(29)7/h9-22H,2,8,23-24H2,1,3-7H3,(H,33,36)/q+1. The summed E-state index contributed by atoms with van der Waals surface area (Å²) in [4.78, 5) is 2.31. The summed E-state index contributed by atoms with van der Waals surface area (Å²) in [5.41, 5.74) is 7.37. The number of rotatable bonds is 10. The van der Waals surface area contributed by atoms with Crippen molar-refractivity contribution >= 4 is 24.6 Å². The summed E-state index contributed by atoms with van der Waals surface area (Å²) >= 11 is 0. The molecule has 1 unspecified atom stereocenters. The minimum Gasteiger partial charge on any atom is -0.343 e. The molecule has 0 spiro atoms. The Morgan fingerprint density at radius 1 is 1.00 bits per heavy atom. The second-order valence-electron chi connectivity index (χ2n) is 10.8. The van der Waals surface area contributed by atoms with Crippen LogP contribution in [0.3, 0.4) is 0 Å². The van der Waals surface area contributed by atoms with E-state index < -0.39 is 7.52 Å². The fourth-order valence-electron chi connectivity index (χ4n) is 5.71. The van der Waals surface area contributed by atoms with Gasteiger partial charge in [-0.1, -0.05) is 75.1 Å². The summed E-state index contributed by atoms with van der Waals surface area (Å²) in [6.45, 7) is 16.1. The van der Waals surface area contributed by atoms with Crippen LogP contribution in [0.1, 0.15) is 45.7 Å². The zero-order valence-corrected chi connectivity index (χ0v) is 24.5. The van der Waals surface area contributed by atoms with Gasteiger partial charge in [0.25, 0.3) is 7.52 Å². The molecule has 0 aromatic heterocycles. The van der Waals surface area contributed by atoms with Crippen LogP contribution >= 0.6 is 7.52 Å². The molecule has 6 heteroatoms. The Bertz CT molecular complexity index is 1380. The summed E-state index contributed by atoms with van der Waals surface area (Å²) in [7, 11) is -0.895. The average Bonchev–Trinajstić information content (AvgIpc) is 3.23. The van der Waals surface area contributed by atoms with E-state index in [-0.39, 0.29) is 10.8 Å². The second kappa shape index (κ2) is 11.0. The number of benzene rings is 2. The molecular weight excluding hydrogens is 489 g/mol. The predicted octanol–water partition coefficient (Wildman–Crippen LogP) is 7.45. The van der Waals surface area contributed by atoms with E-state index in [2.05, 4.69) is 135 Å². The van der Waals surface area contributed by atoms with Crippen molar-refractivity contribution in [2.24, 2.45) is 0 Å². The monoisotopic (exact) mass is 530 g/mol. The molecule has 0 amide bonds. The van der Waals surface area contributed by atoms with Crippen molar-refractivity contribution in [1.29, 1.82) is 0 Å². The van der Waals surface area contributed by atoms with Crippen molar-refractivity contribution < 1.29 is 13.7 Å². The number of anilines is 1. The van der Waals surface area contributed by atoms with Gasteiger partial charge in [0.1, 0.15) is 7.05 Å². The van der Waals surface area contributed by atoms with E-state index in [1.165, 1.54) is 39.7 Å². The summed E-state index contributed by atoms with van der Waals surface area (Å²) in [5, 5.41) is 3.09. The van der Waals surface area contributed by atoms with Crippen molar-refractivity contribution in [1.82, 2.24) is 5.09 Å². The van der Waals surface area contributed by atoms with E-state index >= 15 is 0 Å². The molecule has 5 nitrogen and oxygen atoms in total. The molecule has 2 aliphatic heterocycles. The minimum atomic E-state index is -3.03. The Hall–Kier alpha value is -2.98. The zero-order valence-electron chi connectivity index (χ0n) is 23.6. The van der Waals surface area contributed by atoms with E-state index in [4.69, 9.17) is 4.52 Å². The number of fused-ring (bicyclic) bond motifs is 2. The van der Waals surface area contributed by atoms with Gasteiger partial charge in [0.05, 0.1) is 12.0 Å². The smallest absolute Gasteiger partial charge is 0.292 e. The molecule has 0 saturated carbocycles. The minimum absolute atomic E-state index is 0.0423. The lowest BCUT2D eigenvalue weighted by Crippen LogP contribution is -2.32. The number of allylic oxidation sites excluding steroid dienone is 6. The maximum Gasteiger partial charge on any atom is 0.292 e. The van der Waals surface area contributed by atoms with Crippen molar-refractivity contribution in [3.05, 3.63) is 108 Å². The van der Waals surface area contributed by atoms with Crippen molar-refractivity contribution in [2.75, 3.05) is 31.6 Å². The maximum absolute atomic E-state index is 12.8. The molecule has 0 bridgehead atoms. The van der Waals surface area contributed by atoms with E-state index in [1.54, 1.807) is 0 Å². The molecule has 0 fully saturated rings. The van der Waals surface area contributed by atoms with Crippen LogP contribution in [0.4, 0.5) is 11.4 Å². The Morgan fingerprint density at radius 3 is 2.37 bits per heavy atom. The van der Waals surface area contributed by atoms with Gasteiger partial charge in [-0.15, -0.1) is 0 Å². The van der Waals surface area contributed by atoms with Gasteiger partial charge in [0.2, 0.25) is 5.69 Å². The summed E-state index contributed by atoms with van der Waals surface area (Å²) in [6.07, 6.45) is 10.8. The first kappa shape index (κ1) is 28.0. The van der Waals surface area contributed by atoms with Crippen molar-refractivity contribution in [3.8, 4) is 0 Å². The number of hydrogen-bond donors (Lipinski definition) is 1. The molecule has 2 aromatic carbocycles. The fraction of sp³-hybridized carbons (Fsp3) is 0.344. The largest absolute Gasteiger partial charge is 0.343 e. The van der Waals surface area contributed by atoms with Crippen molar-refractivity contribution in [2.45, 2.75) is 45.4 Å². The molecule has 0 saturated heterocycles. The van der Waals surface area contributed by atoms with Crippen LogP contribution < -0.4 is 9.99 Å². The van der Waals surface area contributed by atoms with Crippen LogP contribution in [0.15, 0.2) is 97.0 Å². The van der Waals surface area contributed by atoms with Crippen LogP contribution in [0.5, 0.6) is 0 Å². The maximum atomic E-state index is 12.8. The first-order valence-electron chi connectivity index (χ1n) is 13.3. The summed E-state index contributed by atoms with van der Waals surface area (Å²) in [6, 6.07) is 17.1. The van der Waals surface area contributed by atoms with E-state index in [0.717, 1.165) is 0 Å². The average molecular weight is 531 g/mol. The van der Waals surface area contributed by atoms with Crippen LogP contribution in [0.25, 0.3) is 0 Å². The third kappa shape index (κ3) is 5.16. The molecule has 0 radical (unpaired) electrons. The van der Waals surface area contributed by atoms with Crippen LogP contribution in [-0.4, -0.2) is 37.0 Å². The molecule has 1 N–H and O–H groups in total. The highest BCUT2D eigenvalue weighted by Crippen LogP contribution is 2.48. The predicted molar refractivity (Wildman–Crippen MR) is 161 cm³/mol. The first-order valence-corrected chi connectivity index (χ1v) is 15.0. The van der Waals surface area contributed by atoms with Gasteiger partial charge in [-0.05, 0) is 38.5 Å². The summed E-state index contributed by atoms with van der Waals surface area (Å²) in [5.74, 6) is 1.39. The Morgan fingerprint density at radius 2 is 1.68 bits per heavy atom. The SMILES string of the molecule is C=CP(=O)(NCCN1/C(=C/C=C/C=C/C2=[N+](C)c3ccccc3C2(C)C)C(C)(C)c2ccccc21)OCC. The van der Waals surface area contributed by atoms with Crippen LogP contribution in [-0.2, 0) is 19.9 Å². The second-order valence-corrected chi connectivity index (χ2v) is 12.9. The lowest BCUT2D eigenvalue weighted by molar-refractivity contribution is -0.401. The molecule has 4 rings (SSSR count). The van der Waals surface area contributed by atoms with Gasteiger partial charge >= 0.3 is 0 Å². The topological polar surface area (TPSA) is 44.6 Å². The van der Waals surface area contributed by atoms with Gasteiger partial charge < -0.3 is 9.42 Å². The van der Waals surface area contributed by atoms with Gasteiger partial charge in [-0.2, -0.15) is 4.58 Å². The normalized spacial score (nSPS) is 20.4. The van der Waals surface area contributed by atoms with Gasteiger partial charge in [0.15, 0.2) is 5.71 Å². The molecular formula is C32H41N3O2P+. The quantitative estimate of drug-likeness (QED) is 0.197. The fourth-order valence-corrected chi connectivity index (χ4v) is 6.83. The van der Waals surface area contributed by atoms with E-state index in [9.17, 15) is 4.57 Å². The number of nitrogens with zero attached hydrogens (tertiary/aromatic N) is 2. The van der Waals surface area contributed by atoms with Crippen LogP contribution in [0, 0.1) is 0 Å². The Kier molecular flexibility index (Phi) is 8.13. The Labute approximate surface area is 228 Å². The van der Waals surface area contributed by atoms with E-state index in [1.807, 2.05) is 6.92 Å². The zero-order chi connectivity index (χ0) is 27.6. The van der Waals surface area contributed by atoms with Crippen LogP contribution in [0.2, 0.25) is 0 Å². The first-order chi connectivity index (χ1) is 18.1. The lowest BCUT2D eigenvalue weighted by atomic mass is 9.81. The lowest BCUT2D eigenvalue weighted by Gasteiger charge is -2.27.